The summed E-state index contributed by atoms with van der Waals surface area (Å²) in [7, 11) is 0. The number of non-ortho nitro benzene ring substituents is 1. The van der Waals surface area contributed by atoms with E-state index in [4.69, 9.17) is 0 Å². The van der Waals surface area contributed by atoms with Gasteiger partial charge in [-0.25, -0.2) is 4.68 Å². The molecule has 0 aliphatic carbocycles. The first kappa shape index (κ1) is 15.6. The van der Waals surface area contributed by atoms with Crippen LogP contribution in [0.3, 0.4) is 0 Å². The number of phenolic OH excluding ortho intramolecular Hbond substituents is 2. The molecule has 128 valence electrons. The van der Waals surface area contributed by atoms with E-state index < -0.39 is 4.92 Å². The maximum Gasteiger partial charge on any atom is 0.270 e. The van der Waals surface area contributed by atoms with Gasteiger partial charge in [-0.15, -0.1) is 0 Å². The van der Waals surface area contributed by atoms with Gasteiger partial charge in [-0.05, 0) is 17.7 Å². The van der Waals surface area contributed by atoms with Gasteiger partial charge in [-0.1, -0.05) is 30.3 Å². The lowest BCUT2D eigenvalue weighted by atomic mass is 10.0. The van der Waals surface area contributed by atoms with E-state index in [-0.39, 0.29) is 22.9 Å². The first-order valence-corrected chi connectivity index (χ1v) is 7.78. The second kappa shape index (κ2) is 5.89. The molecule has 0 aliphatic rings. The van der Waals surface area contributed by atoms with Crippen LogP contribution in [0.2, 0.25) is 0 Å². The fourth-order valence-corrected chi connectivity index (χ4v) is 2.87. The van der Waals surface area contributed by atoms with Gasteiger partial charge >= 0.3 is 0 Å². The van der Waals surface area contributed by atoms with Gasteiger partial charge in [0, 0.05) is 35.3 Å². The van der Waals surface area contributed by atoms with Gasteiger partial charge in [0.1, 0.15) is 17.2 Å². The molecule has 1 heterocycles. The molecule has 0 fully saturated rings. The number of hydrogen-bond donors (Lipinski definition) is 2. The van der Waals surface area contributed by atoms with Crippen molar-refractivity contribution in [3.63, 3.8) is 0 Å². The molecule has 0 radical (unpaired) electrons. The van der Waals surface area contributed by atoms with Crippen molar-refractivity contribution in [3.8, 4) is 28.3 Å². The van der Waals surface area contributed by atoms with Crippen LogP contribution in [0, 0.1) is 10.1 Å². The first-order valence-electron chi connectivity index (χ1n) is 7.78. The van der Waals surface area contributed by atoms with Crippen LogP contribution in [0.15, 0.2) is 66.9 Å². The van der Waals surface area contributed by atoms with E-state index in [9.17, 15) is 20.3 Å². The second-order valence-corrected chi connectivity index (χ2v) is 5.80. The van der Waals surface area contributed by atoms with E-state index in [0.717, 1.165) is 5.56 Å². The Morgan fingerprint density at radius 3 is 2.50 bits per heavy atom. The van der Waals surface area contributed by atoms with Crippen molar-refractivity contribution < 1.29 is 15.1 Å². The number of benzene rings is 3. The highest BCUT2D eigenvalue weighted by Gasteiger charge is 2.16. The zero-order valence-corrected chi connectivity index (χ0v) is 13.4. The molecule has 7 heteroatoms. The van der Waals surface area contributed by atoms with Gasteiger partial charge in [-0.2, -0.15) is 5.10 Å². The molecule has 26 heavy (non-hydrogen) atoms. The van der Waals surface area contributed by atoms with Crippen molar-refractivity contribution in [1.29, 1.82) is 0 Å². The Morgan fingerprint density at radius 1 is 1.00 bits per heavy atom. The van der Waals surface area contributed by atoms with Crippen LogP contribution < -0.4 is 0 Å². The van der Waals surface area contributed by atoms with Gasteiger partial charge < -0.3 is 10.2 Å². The molecule has 0 bridgehead atoms. The summed E-state index contributed by atoms with van der Waals surface area (Å²) in [5.41, 5.74) is 1.99. The quantitative estimate of drug-likeness (QED) is 0.331. The Balaban J connectivity index is 1.89. The van der Waals surface area contributed by atoms with Crippen molar-refractivity contribution >= 4 is 16.6 Å². The highest BCUT2D eigenvalue weighted by molar-refractivity contribution is 5.82. The molecule has 0 saturated carbocycles. The highest BCUT2D eigenvalue weighted by atomic mass is 16.6. The molecule has 0 aliphatic heterocycles. The zero-order valence-electron chi connectivity index (χ0n) is 13.4. The van der Waals surface area contributed by atoms with Gasteiger partial charge in [-0.3, -0.25) is 10.1 Å². The summed E-state index contributed by atoms with van der Waals surface area (Å²) in [5.74, 6) is -0.0708. The molecule has 0 unspecified atom stereocenters. The maximum absolute atomic E-state index is 10.9. The van der Waals surface area contributed by atoms with Crippen molar-refractivity contribution in [2.75, 3.05) is 0 Å². The Bertz CT molecular complexity index is 1140. The van der Waals surface area contributed by atoms with Crippen LogP contribution in [0.25, 0.3) is 27.7 Å². The summed E-state index contributed by atoms with van der Waals surface area (Å²) < 4.78 is 1.40. The topological polar surface area (TPSA) is 101 Å². The third-order valence-corrected chi connectivity index (χ3v) is 4.10. The first-order chi connectivity index (χ1) is 12.5. The van der Waals surface area contributed by atoms with Crippen LogP contribution in [0.1, 0.15) is 0 Å². The number of phenols is 2. The predicted octanol–water partition coefficient (Wildman–Crippen LogP) is 4.01. The van der Waals surface area contributed by atoms with Crippen LogP contribution in [0.4, 0.5) is 5.69 Å². The Labute approximate surface area is 147 Å². The monoisotopic (exact) mass is 347 g/mol. The van der Waals surface area contributed by atoms with Gasteiger partial charge in [0.15, 0.2) is 0 Å². The standard InChI is InChI=1S/C19H13N3O4/c23-15-9-16(12-4-2-1-3-5-12)19(24)18(10-15)21-11-13-8-14(22(25)26)6-7-17(13)20-21/h1-11,23-24H. The van der Waals surface area contributed by atoms with E-state index in [0.29, 0.717) is 16.5 Å². The van der Waals surface area contributed by atoms with E-state index in [2.05, 4.69) is 5.10 Å². The summed E-state index contributed by atoms with van der Waals surface area (Å²) in [6, 6.07) is 16.4. The fraction of sp³-hybridized carbons (Fsp3) is 0. The van der Waals surface area contributed by atoms with Crippen molar-refractivity contribution in [2.45, 2.75) is 0 Å². The van der Waals surface area contributed by atoms with Gasteiger partial charge in [0.05, 0.1) is 10.4 Å². The van der Waals surface area contributed by atoms with E-state index in [1.165, 1.54) is 28.9 Å². The molecule has 3 aromatic carbocycles. The van der Waals surface area contributed by atoms with Crippen molar-refractivity contribution in [2.24, 2.45) is 0 Å². The third-order valence-electron chi connectivity index (χ3n) is 4.10. The minimum absolute atomic E-state index is 0.0258. The predicted molar refractivity (Wildman–Crippen MR) is 96.5 cm³/mol. The number of nitro groups is 1. The molecular formula is C19H13N3O4. The summed E-state index contributed by atoms with van der Waals surface area (Å²) in [6.45, 7) is 0. The molecule has 0 amide bonds. The molecule has 7 nitrogen and oxygen atoms in total. The lowest BCUT2D eigenvalue weighted by Gasteiger charge is -2.11. The fourth-order valence-electron chi connectivity index (χ4n) is 2.87. The number of nitro benzene ring substituents is 1. The molecule has 4 aromatic rings. The Kier molecular flexibility index (Phi) is 3.54. The second-order valence-electron chi connectivity index (χ2n) is 5.80. The third kappa shape index (κ3) is 2.61. The van der Waals surface area contributed by atoms with E-state index in [1.807, 2.05) is 30.3 Å². The number of rotatable bonds is 3. The molecule has 0 spiro atoms. The Hall–Kier alpha value is -3.87. The highest BCUT2D eigenvalue weighted by Crippen LogP contribution is 2.38. The zero-order chi connectivity index (χ0) is 18.3. The molecule has 0 atom stereocenters. The van der Waals surface area contributed by atoms with Crippen molar-refractivity contribution in [1.82, 2.24) is 9.78 Å². The summed E-state index contributed by atoms with van der Waals surface area (Å²) in [6.07, 6.45) is 1.58. The van der Waals surface area contributed by atoms with Gasteiger partial charge in [0.25, 0.3) is 5.69 Å². The van der Waals surface area contributed by atoms with Crippen molar-refractivity contribution in [3.05, 3.63) is 77.0 Å². The Morgan fingerprint density at radius 2 is 1.77 bits per heavy atom. The maximum atomic E-state index is 10.9. The average Bonchev–Trinajstić information content (AvgIpc) is 3.07. The number of aromatic nitrogens is 2. The average molecular weight is 347 g/mol. The molecular weight excluding hydrogens is 334 g/mol. The number of fused-ring (bicyclic) bond motifs is 1. The van der Waals surface area contributed by atoms with Crippen LogP contribution in [0.5, 0.6) is 11.5 Å². The van der Waals surface area contributed by atoms with E-state index in [1.54, 1.807) is 12.3 Å². The lowest BCUT2D eigenvalue weighted by Crippen LogP contribution is -1.96. The SMILES string of the molecule is O=[N+]([O-])c1ccc2nn(-c3cc(O)cc(-c4ccccc4)c3O)cc2c1. The van der Waals surface area contributed by atoms with Crippen LogP contribution in [-0.4, -0.2) is 24.9 Å². The number of nitrogens with zero attached hydrogens (tertiary/aromatic N) is 3. The summed E-state index contributed by atoms with van der Waals surface area (Å²) in [4.78, 5) is 10.5. The summed E-state index contributed by atoms with van der Waals surface area (Å²) in [5, 5.41) is 36.6. The molecule has 2 N–H and O–H groups in total. The minimum atomic E-state index is -0.476. The minimum Gasteiger partial charge on any atom is -0.508 e. The molecule has 0 saturated heterocycles. The normalized spacial score (nSPS) is 10.9. The van der Waals surface area contributed by atoms with Crippen LogP contribution >= 0.6 is 0 Å². The lowest BCUT2D eigenvalue weighted by molar-refractivity contribution is -0.384. The van der Waals surface area contributed by atoms with Gasteiger partial charge in [0.2, 0.25) is 0 Å². The molecule has 1 aromatic heterocycles. The molecule has 4 rings (SSSR count). The largest absolute Gasteiger partial charge is 0.508 e. The van der Waals surface area contributed by atoms with E-state index >= 15 is 0 Å². The number of aromatic hydroxyl groups is 2. The smallest absolute Gasteiger partial charge is 0.270 e. The summed E-state index contributed by atoms with van der Waals surface area (Å²) >= 11 is 0. The number of hydrogen-bond acceptors (Lipinski definition) is 5. The van der Waals surface area contributed by atoms with Crippen LogP contribution in [-0.2, 0) is 0 Å².